The van der Waals surface area contributed by atoms with Crippen LogP contribution in [0.25, 0.3) is 11.5 Å². The zero-order valence-corrected chi connectivity index (χ0v) is 12.6. The summed E-state index contributed by atoms with van der Waals surface area (Å²) >= 11 is 0. The lowest BCUT2D eigenvalue weighted by Crippen LogP contribution is -2.24. The molecule has 2 aromatic heterocycles. The van der Waals surface area contributed by atoms with E-state index in [2.05, 4.69) is 15.3 Å². The van der Waals surface area contributed by atoms with Gasteiger partial charge in [-0.3, -0.25) is 4.79 Å². The smallest absolute Gasteiger partial charge is 0.270 e. The summed E-state index contributed by atoms with van der Waals surface area (Å²) in [4.78, 5) is 20.4. The van der Waals surface area contributed by atoms with Gasteiger partial charge < -0.3 is 15.5 Å². The van der Waals surface area contributed by atoms with E-state index in [0.29, 0.717) is 18.0 Å². The molecule has 0 bridgehead atoms. The highest BCUT2D eigenvalue weighted by atomic mass is 16.3. The first-order valence-corrected chi connectivity index (χ1v) is 7.15. The normalized spacial score (nSPS) is 10.5. The Morgan fingerprint density at radius 3 is 2.65 bits per heavy atom. The van der Waals surface area contributed by atoms with Crippen LogP contribution >= 0.6 is 0 Å². The highest BCUT2D eigenvalue weighted by molar-refractivity contribution is 5.93. The van der Waals surface area contributed by atoms with Gasteiger partial charge in [0.15, 0.2) is 5.76 Å². The summed E-state index contributed by atoms with van der Waals surface area (Å²) in [5.74, 6) is 1.02. The van der Waals surface area contributed by atoms with E-state index in [1.165, 1.54) is 0 Å². The number of furan rings is 1. The van der Waals surface area contributed by atoms with Crippen LogP contribution in [0.1, 0.15) is 21.8 Å². The van der Waals surface area contributed by atoms with Crippen molar-refractivity contribution in [3.8, 4) is 11.5 Å². The summed E-state index contributed by atoms with van der Waals surface area (Å²) in [5, 5.41) is 2.81. The van der Waals surface area contributed by atoms with E-state index in [1.807, 2.05) is 43.3 Å². The van der Waals surface area contributed by atoms with Gasteiger partial charge in [0.05, 0.1) is 0 Å². The van der Waals surface area contributed by atoms with Gasteiger partial charge in [-0.2, -0.15) is 0 Å². The molecule has 0 saturated carbocycles. The first-order valence-electron chi connectivity index (χ1n) is 7.15. The van der Waals surface area contributed by atoms with E-state index in [1.54, 1.807) is 12.1 Å². The lowest BCUT2D eigenvalue weighted by Gasteiger charge is -2.06. The molecule has 0 saturated heterocycles. The fraction of sp³-hybridized carbons (Fsp3) is 0.118. The topological polar surface area (TPSA) is 94.0 Å². The van der Waals surface area contributed by atoms with Crippen LogP contribution in [0.5, 0.6) is 0 Å². The molecule has 0 unspecified atom stereocenters. The molecule has 6 heteroatoms. The Morgan fingerprint density at radius 2 is 1.96 bits per heavy atom. The predicted octanol–water partition coefficient (Wildman–Crippen LogP) is 2.56. The highest BCUT2D eigenvalue weighted by Gasteiger charge is 2.13. The van der Waals surface area contributed by atoms with E-state index < -0.39 is 0 Å². The Morgan fingerprint density at radius 1 is 1.17 bits per heavy atom. The quantitative estimate of drug-likeness (QED) is 0.772. The van der Waals surface area contributed by atoms with Crippen molar-refractivity contribution in [1.82, 2.24) is 15.3 Å². The Labute approximate surface area is 133 Å². The first-order chi connectivity index (χ1) is 11.1. The van der Waals surface area contributed by atoms with Crippen LogP contribution in [-0.2, 0) is 6.54 Å². The Kier molecular flexibility index (Phi) is 4.05. The van der Waals surface area contributed by atoms with Gasteiger partial charge in [-0.05, 0) is 30.7 Å². The summed E-state index contributed by atoms with van der Waals surface area (Å²) in [5.41, 5.74) is 7.40. The van der Waals surface area contributed by atoms with E-state index in [9.17, 15) is 4.79 Å². The number of nitrogens with zero attached hydrogens (tertiary/aromatic N) is 2. The summed E-state index contributed by atoms with van der Waals surface area (Å²) in [6, 6.07) is 14.8. The van der Waals surface area contributed by atoms with Crippen LogP contribution in [0.15, 0.2) is 52.9 Å². The summed E-state index contributed by atoms with van der Waals surface area (Å²) in [6.07, 6.45) is 0. The van der Waals surface area contributed by atoms with Crippen molar-refractivity contribution < 1.29 is 9.21 Å². The zero-order valence-electron chi connectivity index (χ0n) is 12.6. The number of nitrogen functional groups attached to an aromatic ring is 1. The van der Waals surface area contributed by atoms with Gasteiger partial charge in [-0.1, -0.05) is 30.3 Å². The van der Waals surface area contributed by atoms with Crippen LogP contribution in [-0.4, -0.2) is 15.9 Å². The average Bonchev–Trinajstić information content (AvgIpc) is 2.99. The summed E-state index contributed by atoms with van der Waals surface area (Å²) < 4.78 is 5.51. The minimum Gasteiger partial charge on any atom is -0.460 e. The molecule has 1 aromatic carbocycles. The predicted molar refractivity (Wildman–Crippen MR) is 86.5 cm³/mol. The Hall–Kier alpha value is -3.15. The zero-order chi connectivity index (χ0) is 16.2. The van der Waals surface area contributed by atoms with Crippen molar-refractivity contribution >= 4 is 11.9 Å². The van der Waals surface area contributed by atoms with Gasteiger partial charge in [0.1, 0.15) is 17.1 Å². The average molecular weight is 308 g/mol. The molecule has 116 valence electrons. The molecule has 0 atom stereocenters. The third-order valence-electron chi connectivity index (χ3n) is 3.26. The van der Waals surface area contributed by atoms with E-state index >= 15 is 0 Å². The molecule has 0 aliphatic carbocycles. The Bertz CT molecular complexity index is 828. The maximum atomic E-state index is 12.3. The summed E-state index contributed by atoms with van der Waals surface area (Å²) in [6.45, 7) is 2.25. The molecule has 0 fully saturated rings. The van der Waals surface area contributed by atoms with Gasteiger partial charge >= 0.3 is 0 Å². The minimum atomic E-state index is -0.313. The van der Waals surface area contributed by atoms with Gasteiger partial charge in [-0.25, -0.2) is 9.97 Å². The summed E-state index contributed by atoms with van der Waals surface area (Å²) in [7, 11) is 0. The van der Waals surface area contributed by atoms with Crippen molar-refractivity contribution in [1.29, 1.82) is 0 Å². The van der Waals surface area contributed by atoms with E-state index in [-0.39, 0.29) is 17.5 Å². The molecule has 3 aromatic rings. The van der Waals surface area contributed by atoms with Crippen LogP contribution in [0.2, 0.25) is 0 Å². The van der Waals surface area contributed by atoms with Crippen LogP contribution < -0.4 is 11.1 Å². The van der Waals surface area contributed by atoms with Gasteiger partial charge in [-0.15, -0.1) is 0 Å². The van der Waals surface area contributed by atoms with Gasteiger partial charge in [0.25, 0.3) is 5.91 Å². The van der Waals surface area contributed by atoms with Crippen molar-refractivity contribution in [3.05, 3.63) is 65.5 Å². The fourth-order valence-electron chi connectivity index (χ4n) is 2.15. The molecule has 2 heterocycles. The van der Waals surface area contributed by atoms with Gasteiger partial charge in [0.2, 0.25) is 5.95 Å². The van der Waals surface area contributed by atoms with Crippen molar-refractivity contribution in [2.75, 3.05) is 5.73 Å². The molecule has 1 amide bonds. The first kappa shape index (κ1) is 14.8. The molecule has 3 N–H and O–H groups in total. The van der Waals surface area contributed by atoms with Crippen molar-refractivity contribution in [3.63, 3.8) is 0 Å². The number of hydrogen-bond donors (Lipinski definition) is 2. The number of benzene rings is 1. The number of rotatable bonds is 4. The lowest BCUT2D eigenvalue weighted by atomic mass is 10.2. The van der Waals surface area contributed by atoms with Crippen molar-refractivity contribution in [2.45, 2.75) is 13.5 Å². The monoisotopic (exact) mass is 308 g/mol. The molecule has 0 aliphatic heterocycles. The number of nitrogens with one attached hydrogen (secondary N) is 1. The molecular weight excluding hydrogens is 292 g/mol. The van der Waals surface area contributed by atoms with Gasteiger partial charge in [0, 0.05) is 6.54 Å². The van der Waals surface area contributed by atoms with Crippen LogP contribution in [0.3, 0.4) is 0 Å². The lowest BCUT2D eigenvalue weighted by molar-refractivity contribution is 0.0946. The molecule has 0 radical (unpaired) electrons. The van der Waals surface area contributed by atoms with Crippen LogP contribution in [0.4, 0.5) is 5.95 Å². The number of carbonyl (C=O) groups excluding carboxylic acids is 1. The maximum absolute atomic E-state index is 12.3. The molecule has 0 spiro atoms. The third kappa shape index (κ3) is 3.55. The second-order valence-electron chi connectivity index (χ2n) is 5.08. The number of hydrogen-bond acceptors (Lipinski definition) is 5. The maximum Gasteiger partial charge on any atom is 0.270 e. The molecule has 23 heavy (non-hydrogen) atoms. The second kappa shape index (κ2) is 6.31. The van der Waals surface area contributed by atoms with Crippen LogP contribution in [0, 0.1) is 6.92 Å². The van der Waals surface area contributed by atoms with E-state index in [4.69, 9.17) is 10.2 Å². The molecular formula is C17H16N4O2. The third-order valence-corrected chi connectivity index (χ3v) is 3.26. The Balaban J connectivity index is 1.79. The van der Waals surface area contributed by atoms with Crippen molar-refractivity contribution in [2.24, 2.45) is 0 Å². The largest absolute Gasteiger partial charge is 0.460 e. The number of carbonyl (C=O) groups is 1. The minimum absolute atomic E-state index is 0.0291. The SMILES string of the molecule is Cc1ccc(-c2cc(C(=O)NCc3ccccc3)nc(N)n2)o1. The number of aromatic nitrogens is 2. The number of amides is 1. The highest BCUT2D eigenvalue weighted by Crippen LogP contribution is 2.21. The fourth-order valence-corrected chi connectivity index (χ4v) is 2.15. The number of nitrogens with two attached hydrogens (primary N) is 1. The number of anilines is 1. The number of aryl methyl sites for hydroxylation is 1. The second-order valence-corrected chi connectivity index (χ2v) is 5.08. The molecule has 0 aliphatic rings. The molecule has 6 nitrogen and oxygen atoms in total. The molecule has 3 rings (SSSR count). The van der Waals surface area contributed by atoms with E-state index in [0.717, 1.165) is 11.3 Å². The standard InChI is InChI=1S/C17H16N4O2/c1-11-7-8-15(23-11)13-9-14(21-17(18)20-13)16(22)19-10-12-5-3-2-4-6-12/h2-9H,10H2,1H3,(H,19,22)(H2,18,20,21).